The molecular weight excluding hydrogens is 360 g/mol. The Labute approximate surface area is 168 Å². The Balaban J connectivity index is 1.97. The summed E-state index contributed by atoms with van der Waals surface area (Å²) in [4.78, 5) is 23.6. The molecule has 0 aliphatic heterocycles. The predicted octanol–water partition coefficient (Wildman–Crippen LogP) is 6.57. The average molecular weight is 397 g/mol. The smallest absolute Gasteiger partial charge is 0.313 e. The second-order valence-electron chi connectivity index (χ2n) is 7.03. The Hall–Kier alpha value is -1.36. The van der Waals surface area contributed by atoms with Gasteiger partial charge < -0.3 is 9.47 Å². The van der Waals surface area contributed by atoms with Gasteiger partial charge >= 0.3 is 5.97 Å². The van der Waals surface area contributed by atoms with Crippen LogP contribution in [-0.4, -0.2) is 25.5 Å². The fourth-order valence-corrected chi connectivity index (χ4v) is 3.77. The van der Waals surface area contributed by atoms with Crippen molar-refractivity contribution in [2.75, 3.05) is 13.7 Å². The quantitative estimate of drug-likeness (QED) is 0.129. The van der Waals surface area contributed by atoms with Gasteiger partial charge in [0, 0.05) is 0 Å². The molecular formula is C22H36O4S. The van der Waals surface area contributed by atoms with Gasteiger partial charge in [-0.1, -0.05) is 88.9 Å². The Bertz CT molecular complexity index is 524. The van der Waals surface area contributed by atoms with Gasteiger partial charge in [0.15, 0.2) is 10.8 Å². The minimum absolute atomic E-state index is 0.213. The Kier molecular flexibility index (Phi) is 13.7. The maximum Gasteiger partial charge on any atom is 0.313 e. The molecule has 0 aliphatic rings. The maximum absolute atomic E-state index is 11.9. The molecule has 0 spiro atoms. The molecule has 27 heavy (non-hydrogen) atoms. The molecule has 0 bridgehead atoms. The summed E-state index contributed by atoms with van der Waals surface area (Å²) in [6.07, 6.45) is 15.7. The highest BCUT2D eigenvalue weighted by molar-refractivity contribution is 7.15. The summed E-state index contributed by atoms with van der Waals surface area (Å²) >= 11 is 1.30. The van der Waals surface area contributed by atoms with Crippen molar-refractivity contribution >= 4 is 23.1 Å². The van der Waals surface area contributed by atoms with E-state index in [4.69, 9.17) is 4.74 Å². The fourth-order valence-electron chi connectivity index (χ4n) is 2.95. The van der Waals surface area contributed by atoms with Crippen LogP contribution >= 0.6 is 11.3 Å². The number of hydrogen-bond donors (Lipinski definition) is 0. The van der Waals surface area contributed by atoms with Gasteiger partial charge in [-0.2, -0.15) is 0 Å². The maximum atomic E-state index is 11.9. The third-order valence-corrected chi connectivity index (χ3v) is 5.67. The number of ketones is 1. The summed E-state index contributed by atoms with van der Waals surface area (Å²) in [5, 5.41) is 0.742. The zero-order chi connectivity index (χ0) is 19.7. The molecule has 0 aromatic carbocycles. The van der Waals surface area contributed by atoms with Crippen molar-refractivity contribution in [3.05, 3.63) is 17.0 Å². The lowest BCUT2D eigenvalue weighted by atomic mass is 10.1. The first-order valence-corrected chi connectivity index (χ1v) is 11.3. The molecule has 0 N–H and O–H groups in total. The molecule has 1 heterocycles. The first-order chi connectivity index (χ1) is 13.2. The topological polar surface area (TPSA) is 52.6 Å². The zero-order valence-corrected chi connectivity index (χ0v) is 17.9. The first kappa shape index (κ1) is 23.7. The lowest BCUT2D eigenvalue weighted by Crippen LogP contribution is -2.08. The third-order valence-electron chi connectivity index (χ3n) is 4.63. The van der Waals surface area contributed by atoms with Crippen LogP contribution in [-0.2, 0) is 9.53 Å². The van der Waals surface area contributed by atoms with Crippen LogP contribution in [0.1, 0.15) is 100 Å². The van der Waals surface area contributed by atoms with Crippen molar-refractivity contribution in [1.82, 2.24) is 0 Å². The minimum Gasteiger partial charge on any atom is -0.484 e. The monoisotopic (exact) mass is 396 g/mol. The highest BCUT2D eigenvalue weighted by atomic mass is 32.1. The number of Topliss-reactive ketones (excluding diaryl/α,β-unsaturated/α-hetero) is 1. The predicted molar refractivity (Wildman–Crippen MR) is 112 cm³/mol. The normalized spacial score (nSPS) is 10.7. The number of ether oxygens (including phenoxy) is 2. The molecule has 4 nitrogen and oxygen atoms in total. The Morgan fingerprint density at radius 2 is 1.41 bits per heavy atom. The molecule has 0 unspecified atom stereocenters. The van der Waals surface area contributed by atoms with Crippen molar-refractivity contribution in [2.45, 2.75) is 90.4 Å². The molecule has 0 atom stereocenters. The molecule has 0 fully saturated rings. The van der Waals surface area contributed by atoms with Crippen LogP contribution < -0.4 is 4.74 Å². The van der Waals surface area contributed by atoms with Crippen molar-refractivity contribution in [1.29, 1.82) is 0 Å². The molecule has 0 saturated heterocycles. The van der Waals surface area contributed by atoms with Gasteiger partial charge in [0.05, 0.1) is 18.6 Å². The first-order valence-electron chi connectivity index (χ1n) is 10.5. The van der Waals surface area contributed by atoms with E-state index in [1.807, 2.05) is 0 Å². The molecule has 1 rings (SSSR count). The van der Waals surface area contributed by atoms with E-state index in [0.717, 1.165) is 11.5 Å². The number of carbonyl (C=O) groups is 2. The van der Waals surface area contributed by atoms with E-state index in [1.165, 1.54) is 89.1 Å². The molecule has 1 aromatic rings. The fraction of sp³-hybridized carbons (Fsp3) is 0.727. The summed E-state index contributed by atoms with van der Waals surface area (Å²) in [6.45, 7) is 2.94. The van der Waals surface area contributed by atoms with Gasteiger partial charge in [0.25, 0.3) is 0 Å². The van der Waals surface area contributed by atoms with Gasteiger partial charge in [0.2, 0.25) is 0 Å². The van der Waals surface area contributed by atoms with Crippen LogP contribution in [0, 0.1) is 0 Å². The lowest BCUT2D eigenvalue weighted by molar-refractivity contribution is -0.139. The molecule has 0 radical (unpaired) electrons. The summed E-state index contributed by atoms with van der Waals surface area (Å²) in [6, 6.07) is 3.52. The second-order valence-corrected chi connectivity index (χ2v) is 8.08. The summed E-state index contributed by atoms with van der Waals surface area (Å²) in [7, 11) is 1.28. The van der Waals surface area contributed by atoms with Crippen LogP contribution in [0.15, 0.2) is 12.1 Å². The molecule has 5 heteroatoms. The number of methoxy groups -OCH3 is 1. The van der Waals surface area contributed by atoms with Gasteiger partial charge in [0.1, 0.15) is 6.42 Å². The number of carbonyl (C=O) groups excluding carboxylic acids is 2. The van der Waals surface area contributed by atoms with Gasteiger partial charge in [-0.05, 0) is 18.6 Å². The molecule has 154 valence electrons. The van der Waals surface area contributed by atoms with E-state index in [1.54, 1.807) is 12.1 Å². The highest BCUT2D eigenvalue weighted by Gasteiger charge is 2.14. The number of rotatable bonds is 17. The highest BCUT2D eigenvalue weighted by Crippen LogP contribution is 2.26. The van der Waals surface area contributed by atoms with Crippen molar-refractivity contribution in [2.24, 2.45) is 0 Å². The zero-order valence-electron chi connectivity index (χ0n) is 17.1. The van der Waals surface area contributed by atoms with Gasteiger partial charge in [-0.3, -0.25) is 9.59 Å². The van der Waals surface area contributed by atoms with Crippen molar-refractivity contribution in [3.8, 4) is 5.06 Å². The molecule has 0 saturated carbocycles. The number of hydrogen-bond acceptors (Lipinski definition) is 5. The van der Waals surface area contributed by atoms with Crippen LogP contribution in [0.4, 0.5) is 0 Å². The van der Waals surface area contributed by atoms with Crippen LogP contribution in [0.25, 0.3) is 0 Å². The third kappa shape index (κ3) is 11.9. The van der Waals surface area contributed by atoms with Crippen LogP contribution in [0.3, 0.4) is 0 Å². The van der Waals surface area contributed by atoms with Crippen molar-refractivity contribution < 1.29 is 19.1 Å². The average Bonchev–Trinajstić information content (AvgIpc) is 3.14. The number of esters is 1. The summed E-state index contributed by atoms with van der Waals surface area (Å²) in [5.74, 6) is -0.723. The van der Waals surface area contributed by atoms with Crippen LogP contribution in [0.5, 0.6) is 5.06 Å². The standard InChI is InChI=1S/C22H36O4S/c1-3-4-5-6-7-8-9-10-11-12-13-14-17-26-22-16-15-20(27-22)19(23)18-21(24)25-2/h15-16H,3-14,17-18H2,1-2H3. The minimum atomic E-state index is -0.507. The molecule has 0 amide bonds. The van der Waals surface area contributed by atoms with E-state index in [9.17, 15) is 9.59 Å². The van der Waals surface area contributed by atoms with Gasteiger partial charge in [-0.25, -0.2) is 0 Å². The van der Waals surface area contributed by atoms with E-state index in [0.29, 0.717) is 11.5 Å². The summed E-state index contributed by atoms with van der Waals surface area (Å²) in [5.41, 5.74) is 0. The SMILES string of the molecule is CCCCCCCCCCCCCCOc1ccc(C(=O)CC(=O)OC)s1. The lowest BCUT2D eigenvalue weighted by Gasteiger charge is -2.04. The number of unbranched alkanes of at least 4 members (excludes halogenated alkanes) is 11. The Morgan fingerprint density at radius 3 is 1.96 bits per heavy atom. The van der Waals surface area contributed by atoms with E-state index < -0.39 is 5.97 Å². The number of thiophene rings is 1. The van der Waals surface area contributed by atoms with Crippen LogP contribution in [0.2, 0.25) is 0 Å². The van der Waals surface area contributed by atoms with E-state index in [2.05, 4.69) is 11.7 Å². The van der Waals surface area contributed by atoms with E-state index >= 15 is 0 Å². The van der Waals surface area contributed by atoms with Gasteiger partial charge in [-0.15, -0.1) is 0 Å². The Morgan fingerprint density at radius 1 is 0.852 bits per heavy atom. The molecule has 0 aliphatic carbocycles. The summed E-state index contributed by atoms with van der Waals surface area (Å²) < 4.78 is 10.2. The van der Waals surface area contributed by atoms with Crippen molar-refractivity contribution in [3.63, 3.8) is 0 Å². The van der Waals surface area contributed by atoms with E-state index in [-0.39, 0.29) is 12.2 Å². The second kappa shape index (κ2) is 15.7. The molecule has 1 aromatic heterocycles. The largest absolute Gasteiger partial charge is 0.484 e.